The molecule has 0 bridgehead atoms. The number of amides is 1. The molecule has 1 unspecified atom stereocenters. The number of carbonyl (C=O) groups excluding carboxylic acids is 1. The van der Waals surface area contributed by atoms with E-state index in [4.69, 9.17) is 11.5 Å². The molecule has 0 aromatic carbocycles. The van der Waals surface area contributed by atoms with Gasteiger partial charge in [0.25, 0.3) is 5.91 Å². The Bertz CT molecular complexity index is 397. The van der Waals surface area contributed by atoms with Gasteiger partial charge in [0.1, 0.15) is 11.5 Å². The third kappa shape index (κ3) is 4.14. The van der Waals surface area contributed by atoms with Crippen LogP contribution in [-0.4, -0.2) is 29.4 Å². The summed E-state index contributed by atoms with van der Waals surface area (Å²) in [5, 5.41) is 3.14. The highest BCUT2D eigenvalue weighted by atomic mass is 32.2. The number of rotatable bonds is 6. The quantitative estimate of drug-likeness (QED) is 0.708. The molecule has 5 N–H and O–H groups in total. The van der Waals surface area contributed by atoms with Gasteiger partial charge in [-0.15, -0.1) is 0 Å². The molecular weight excluding hydrogens is 236 g/mol. The number of hydrogen-bond acceptors (Lipinski definition) is 5. The molecule has 0 radical (unpaired) electrons. The van der Waals surface area contributed by atoms with Gasteiger partial charge in [0, 0.05) is 6.54 Å². The van der Waals surface area contributed by atoms with Gasteiger partial charge in [-0.05, 0) is 30.1 Å². The minimum atomic E-state index is -0.551. The maximum absolute atomic E-state index is 11.0. The van der Waals surface area contributed by atoms with Crippen LogP contribution in [0.3, 0.4) is 0 Å². The van der Waals surface area contributed by atoms with Gasteiger partial charge >= 0.3 is 0 Å². The summed E-state index contributed by atoms with van der Waals surface area (Å²) in [5.74, 6) is 1.53. The second-order valence-electron chi connectivity index (χ2n) is 3.94. The van der Waals surface area contributed by atoms with Gasteiger partial charge in [-0.3, -0.25) is 4.79 Å². The Hall–Kier alpha value is -1.43. The van der Waals surface area contributed by atoms with Crippen LogP contribution in [0.2, 0.25) is 0 Å². The number of nitrogens with zero attached hydrogens (tertiary/aromatic N) is 1. The molecular formula is C11H18N4OS. The predicted octanol–water partition coefficient (Wildman–Crippen LogP) is 1.17. The van der Waals surface area contributed by atoms with Crippen LogP contribution < -0.4 is 16.8 Å². The SMILES string of the molecule is CSCC(C)CNc1nc(C(N)=O)ccc1N. The first-order valence-corrected chi connectivity index (χ1v) is 6.73. The molecule has 1 aromatic rings. The van der Waals surface area contributed by atoms with E-state index in [1.165, 1.54) is 6.07 Å². The number of nitrogens with two attached hydrogens (primary N) is 2. The summed E-state index contributed by atoms with van der Waals surface area (Å²) in [7, 11) is 0. The zero-order valence-corrected chi connectivity index (χ0v) is 10.9. The molecule has 0 aliphatic carbocycles. The first kappa shape index (κ1) is 13.6. The lowest BCUT2D eigenvalue weighted by atomic mass is 10.2. The smallest absolute Gasteiger partial charge is 0.267 e. The van der Waals surface area contributed by atoms with E-state index in [-0.39, 0.29) is 5.69 Å². The van der Waals surface area contributed by atoms with E-state index < -0.39 is 5.91 Å². The Balaban J connectivity index is 2.69. The molecule has 0 saturated heterocycles. The van der Waals surface area contributed by atoms with Gasteiger partial charge in [-0.1, -0.05) is 6.92 Å². The van der Waals surface area contributed by atoms with Gasteiger partial charge in [0.2, 0.25) is 0 Å². The zero-order valence-electron chi connectivity index (χ0n) is 10.1. The highest BCUT2D eigenvalue weighted by molar-refractivity contribution is 7.98. The molecule has 1 aromatic heterocycles. The first-order chi connectivity index (χ1) is 8.04. The lowest BCUT2D eigenvalue weighted by Gasteiger charge is -2.13. The van der Waals surface area contributed by atoms with Crippen molar-refractivity contribution in [3.8, 4) is 0 Å². The topological polar surface area (TPSA) is 94.0 Å². The maximum Gasteiger partial charge on any atom is 0.267 e. The van der Waals surface area contributed by atoms with Crippen LogP contribution in [0.5, 0.6) is 0 Å². The van der Waals surface area contributed by atoms with Crippen molar-refractivity contribution in [2.45, 2.75) is 6.92 Å². The van der Waals surface area contributed by atoms with Crippen LogP contribution in [0.25, 0.3) is 0 Å². The van der Waals surface area contributed by atoms with Crippen molar-refractivity contribution in [2.75, 3.05) is 29.6 Å². The lowest BCUT2D eigenvalue weighted by molar-refractivity contribution is 0.0996. The Labute approximate surface area is 105 Å². The molecule has 0 aliphatic rings. The molecule has 0 aliphatic heterocycles. The van der Waals surface area contributed by atoms with E-state index in [9.17, 15) is 4.79 Å². The van der Waals surface area contributed by atoms with E-state index >= 15 is 0 Å². The van der Waals surface area contributed by atoms with E-state index in [2.05, 4.69) is 23.5 Å². The van der Waals surface area contributed by atoms with Gasteiger partial charge in [0.15, 0.2) is 0 Å². The van der Waals surface area contributed by atoms with E-state index in [0.29, 0.717) is 17.4 Å². The van der Waals surface area contributed by atoms with Gasteiger partial charge < -0.3 is 16.8 Å². The van der Waals surface area contributed by atoms with Crippen molar-refractivity contribution in [3.05, 3.63) is 17.8 Å². The molecule has 1 amide bonds. The third-order valence-corrected chi connectivity index (χ3v) is 3.15. The summed E-state index contributed by atoms with van der Waals surface area (Å²) in [6.07, 6.45) is 2.07. The zero-order chi connectivity index (χ0) is 12.8. The number of aromatic nitrogens is 1. The van der Waals surface area contributed by atoms with E-state index in [1.54, 1.807) is 17.8 Å². The van der Waals surface area contributed by atoms with Gasteiger partial charge in [-0.2, -0.15) is 11.8 Å². The molecule has 1 rings (SSSR count). The lowest BCUT2D eigenvalue weighted by Crippen LogP contribution is -2.18. The van der Waals surface area contributed by atoms with Crippen molar-refractivity contribution in [1.29, 1.82) is 0 Å². The van der Waals surface area contributed by atoms with E-state index in [1.807, 2.05) is 0 Å². The largest absolute Gasteiger partial charge is 0.396 e. The molecule has 6 heteroatoms. The number of nitrogen functional groups attached to an aromatic ring is 1. The minimum Gasteiger partial charge on any atom is -0.396 e. The van der Waals surface area contributed by atoms with Crippen LogP contribution in [-0.2, 0) is 0 Å². The molecule has 94 valence electrons. The summed E-state index contributed by atoms with van der Waals surface area (Å²) in [6.45, 7) is 2.90. The Morgan fingerprint density at radius 3 is 2.88 bits per heavy atom. The minimum absolute atomic E-state index is 0.221. The number of pyridine rings is 1. The molecule has 1 heterocycles. The molecule has 17 heavy (non-hydrogen) atoms. The molecule has 0 fully saturated rings. The fourth-order valence-corrected chi connectivity index (χ4v) is 2.05. The highest BCUT2D eigenvalue weighted by Gasteiger charge is 2.08. The first-order valence-electron chi connectivity index (χ1n) is 5.33. The number of anilines is 2. The molecule has 0 spiro atoms. The van der Waals surface area contributed by atoms with Crippen LogP contribution in [0.1, 0.15) is 17.4 Å². The Morgan fingerprint density at radius 2 is 2.29 bits per heavy atom. The molecule has 0 saturated carbocycles. The number of hydrogen-bond donors (Lipinski definition) is 3. The molecule has 1 atom stereocenters. The maximum atomic E-state index is 11.0. The summed E-state index contributed by atoms with van der Waals surface area (Å²) < 4.78 is 0. The van der Waals surface area contributed by atoms with E-state index in [0.717, 1.165) is 12.3 Å². The average molecular weight is 254 g/mol. The third-order valence-electron chi connectivity index (χ3n) is 2.25. The number of thioether (sulfide) groups is 1. The van der Waals surface area contributed by atoms with Gasteiger partial charge in [0.05, 0.1) is 5.69 Å². The number of primary amides is 1. The number of nitrogens with one attached hydrogen (secondary N) is 1. The van der Waals surface area contributed by atoms with Crippen molar-refractivity contribution in [3.63, 3.8) is 0 Å². The second-order valence-corrected chi connectivity index (χ2v) is 4.85. The van der Waals surface area contributed by atoms with Crippen LogP contribution >= 0.6 is 11.8 Å². The fraction of sp³-hybridized carbons (Fsp3) is 0.455. The van der Waals surface area contributed by atoms with Crippen molar-refractivity contribution < 1.29 is 4.79 Å². The summed E-state index contributed by atoms with van der Waals surface area (Å²) >= 11 is 1.79. The average Bonchev–Trinajstić information content (AvgIpc) is 2.28. The van der Waals surface area contributed by atoms with Crippen LogP contribution in [0.4, 0.5) is 11.5 Å². The van der Waals surface area contributed by atoms with Gasteiger partial charge in [-0.25, -0.2) is 4.98 Å². The standard InChI is InChI=1S/C11H18N4OS/c1-7(6-17-2)5-14-11-8(12)3-4-9(15-11)10(13)16/h3-4,7H,5-6,12H2,1-2H3,(H2,13,16)(H,14,15). The summed E-state index contributed by atoms with van der Waals surface area (Å²) in [6, 6.07) is 3.16. The van der Waals surface area contributed by atoms with Crippen LogP contribution in [0, 0.1) is 5.92 Å². The summed E-state index contributed by atoms with van der Waals surface area (Å²) in [4.78, 5) is 15.1. The molecule has 5 nitrogen and oxygen atoms in total. The predicted molar refractivity (Wildman–Crippen MR) is 73.2 cm³/mol. The monoisotopic (exact) mass is 254 g/mol. The van der Waals surface area contributed by atoms with Crippen molar-refractivity contribution >= 4 is 29.2 Å². The normalized spacial score (nSPS) is 12.1. The Kier molecular flexibility index (Phi) is 5.09. The highest BCUT2D eigenvalue weighted by Crippen LogP contribution is 2.16. The fourth-order valence-electron chi connectivity index (χ4n) is 1.36. The summed E-state index contributed by atoms with van der Waals surface area (Å²) in [5.41, 5.74) is 11.7. The number of carbonyl (C=O) groups is 1. The van der Waals surface area contributed by atoms with Crippen molar-refractivity contribution in [2.24, 2.45) is 11.7 Å². The van der Waals surface area contributed by atoms with Crippen LogP contribution in [0.15, 0.2) is 12.1 Å². The Morgan fingerprint density at radius 1 is 1.59 bits per heavy atom. The second kappa shape index (κ2) is 6.34. The van der Waals surface area contributed by atoms with Crippen molar-refractivity contribution in [1.82, 2.24) is 4.98 Å².